The van der Waals surface area contributed by atoms with Gasteiger partial charge in [-0.1, -0.05) is 33.4 Å². The number of carbonyl (C=O) groups is 1. The van der Waals surface area contributed by atoms with E-state index < -0.39 is 11.6 Å². The third-order valence-corrected chi connectivity index (χ3v) is 7.74. The predicted octanol–water partition coefficient (Wildman–Crippen LogP) is 6.58. The zero-order chi connectivity index (χ0) is 26.0. The van der Waals surface area contributed by atoms with E-state index in [1.807, 2.05) is 18.7 Å². The molecule has 8 heteroatoms. The Bertz CT molecular complexity index is 1150. The van der Waals surface area contributed by atoms with E-state index >= 15 is 0 Å². The molecule has 1 amide bonds. The van der Waals surface area contributed by atoms with Crippen LogP contribution in [-0.4, -0.2) is 41.1 Å². The van der Waals surface area contributed by atoms with Crippen molar-refractivity contribution in [3.8, 4) is 0 Å². The molecule has 0 spiro atoms. The van der Waals surface area contributed by atoms with Crippen molar-refractivity contribution >= 4 is 11.6 Å². The zero-order valence-corrected chi connectivity index (χ0v) is 21.5. The van der Waals surface area contributed by atoms with Crippen molar-refractivity contribution in [1.29, 1.82) is 0 Å². The summed E-state index contributed by atoms with van der Waals surface area (Å²) in [4.78, 5) is 14.9. The van der Waals surface area contributed by atoms with Crippen molar-refractivity contribution in [2.75, 3.05) is 20.1 Å². The first kappa shape index (κ1) is 26.4. The Morgan fingerprint density at radius 1 is 1.31 bits per heavy atom. The Hall–Kier alpha value is -3.16. The SMILES string of the molecule is C=C(/C=C(\N=NC)c1c(F)cccc1F)[C@@H]1CC[C@@](C)(CN(CC)C(=O)c2cc(C)[nH]n2)C1(C)C. The minimum Gasteiger partial charge on any atom is -0.337 e. The topological polar surface area (TPSA) is 73.7 Å². The van der Waals surface area contributed by atoms with Crippen LogP contribution in [0.2, 0.25) is 0 Å². The zero-order valence-electron chi connectivity index (χ0n) is 21.5. The number of rotatable bonds is 8. The smallest absolute Gasteiger partial charge is 0.274 e. The lowest BCUT2D eigenvalue weighted by atomic mass is 9.64. The summed E-state index contributed by atoms with van der Waals surface area (Å²) in [7, 11) is 1.46. The average Bonchev–Trinajstić information content (AvgIpc) is 3.32. The number of H-pyrrole nitrogens is 1. The van der Waals surface area contributed by atoms with Gasteiger partial charge in [0.25, 0.3) is 5.91 Å². The quantitative estimate of drug-likeness (QED) is 0.340. The van der Waals surface area contributed by atoms with Gasteiger partial charge in [0, 0.05) is 25.8 Å². The molecule has 188 valence electrons. The molecular weight excluding hydrogens is 448 g/mol. The number of carbonyl (C=O) groups excluding carboxylic acids is 1. The van der Waals surface area contributed by atoms with Crippen LogP contribution in [0.1, 0.15) is 62.3 Å². The number of hydrogen-bond acceptors (Lipinski definition) is 4. The van der Waals surface area contributed by atoms with Crippen LogP contribution in [-0.2, 0) is 0 Å². The van der Waals surface area contributed by atoms with E-state index in [1.165, 1.54) is 25.2 Å². The molecule has 1 heterocycles. The first-order chi connectivity index (χ1) is 16.4. The highest BCUT2D eigenvalue weighted by Crippen LogP contribution is 2.58. The van der Waals surface area contributed by atoms with E-state index in [2.05, 4.69) is 47.8 Å². The van der Waals surface area contributed by atoms with Gasteiger partial charge in [0.1, 0.15) is 17.3 Å². The molecule has 0 bridgehead atoms. The summed E-state index contributed by atoms with van der Waals surface area (Å²) in [6.45, 7) is 15.8. The fourth-order valence-electron chi connectivity index (χ4n) is 5.21. The summed E-state index contributed by atoms with van der Waals surface area (Å²) < 4.78 is 28.9. The number of aryl methyl sites for hydroxylation is 1. The van der Waals surface area contributed by atoms with Crippen LogP contribution in [0.25, 0.3) is 5.70 Å². The molecule has 1 fully saturated rings. The Morgan fingerprint density at radius 2 is 1.97 bits per heavy atom. The van der Waals surface area contributed by atoms with Crippen LogP contribution in [0.4, 0.5) is 8.78 Å². The van der Waals surface area contributed by atoms with Crippen LogP contribution in [0.15, 0.2) is 52.7 Å². The summed E-state index contributed by atoms with van der Waals surface area (Å²) in [6, 6.07) is 5.48. The maximum Gasteiger partial charge on any atom is 0.274 e. The van der Waals surface area contributed by atoms with Gasteiger partial charge < -0.3 is 4.90 Å². The number of allylic oxidation sites excluding steroid dienone is 2. The number of nitrogens with zero attached hydrogens (tertiary/aromatic N) is 4. The largest absolute Gasteiger partial charge is 0.337 e. The molecule has 6 nitrogen and oxygen atoms in total. The molecule has 1 aliphatic carbocycles. The number of azo groups is 1. The molecule has 1 saturated carbocycles. The highest BCUT2D eigenvalue weighted by molar-refractivity contribution is 5.92. The first-order valence-corrected chi connectivity index (χ1v) is 11.9. The van der Waals surface area contributed by atoms with Crippen molar-refractivity contribution in [3.63, 3.8) is 0 Å². The second kappa shape index (κ2) is 10.2. The van der Waals surface area contributed by atoms with Gasteiger partial charge >= 0.3 is 0 Å². The van der Waals surface area contributed by atoms with E-state index in [-0.39, 0.29) is 33.9 Å². The number of aromatic nitrogens is 2. The highest BCUT2D eigenvalue weighted by Gasteiger charge is 2.52. The Balaban J connectivity index is 1.88. The van der Waals surface area contributed by atoms with E-state index in [4.69, 9.17) is 0 Å². The van der Waals surface area contributed by atoms with Crippen molar-refractivity contribution in [1.82, 2.24) is 15.1 Å². The third-order valence-electron chi connectivity index (χ3n) is 7.74. The molecule has 2 aromatic rings. The molecule has 2 atom stereocenters. The van der Waals surface area contributed by atoms with Crippen LogP contribution in [0.3, 0.4) is 0 Å². The van der Waals surface area contributed by atoms with Crippen LogP contribution < -0.4 is 0 Å². The number of nitrogens with one attached hydrogen (secondary N) is 1. The van der Waals surface area contributed by atoms with Gasteiger partial charge in [-0.15, -0.1) is 0 Å². The molecule has 3 rings (SSSR count). The van der Waals surface area contributed by atoms with E-state index in [9.17, 15) is 13.6 Å². The maximum atomic E-state index is 14.5. The highest BCUT2D eigenvalue weighted by atomic mass is 19.1. The molecule has 0 unspecified atom stereocenters. The fourth-order valence-corrected chi connectivity index (χ4v) is 5.21. The van der Waals surface area contributed by atoms with Gasteiger partial charge in [0.2, 0.25) is 0 Å². The van der Waals surface area contributed by atoms with E-state index in [0.717, 1.165) is 24.1 Å². The van der Waals surface area contributed by atoms with Gasteiger partial charge in [-0.05, 0) is 73.3 Å². The van der Waals surface area contributed by atoms with Gasteiger partial charge in [-0.3, -0.25) is 9.89 Å². The first-order valence-electron chi connectivity index (χ1n) is 11.9. The molecule has 0 radical (unpaired) electrons. The summed E-state index contributed by atoms with van der Waals surface area (Å²) >= 11 is 0. The monoisotopic (exact) mass is 483 g/mol. The van der Waals surface area contributed by atoms with Crippen LogP contribution in [0, 0.1) is 35.3 Å². The second-order valence-corrected chi connectivity index (χ2v) is 10.1. The lowest BCUT2D eigenvalue weighted by Crippen LogP contribution is -2.46. The van der Waals surface area contributed by atoms with Crippen molar-refractivity contribution in [3.05, 3.63) is 71.1 Å². The Morgan fingerprint density at radius 3 is 2.51 bits per heavy atom. The lowest BCUT2D eigenvalue weighted by Gasteiger charge is -2.44. The number of hydrogen-bond donors (Lipinski definition) is 1. The number of amides is 1. The molecular formula is C27H35F2N5O. The third kappa shape index (κ3) is 5.11. The van der Waals surface area contributed by atoms with Crippen molar-refractivity contribution < 1.29 is 13.6 Å². The summed E-state index contributed by atoms with van der Waals surface area (Å²) in [5, 5.41) is 14.8. The molecule has 1 aliphatic rings. The Kier molecular flexibility index (Phi) is 7.72. The Labute approximate surface area is 206 Å². The normalized spacial score (nSPS) is 22.1. The summed E-state index contributed by atoms with van der Waals surface area (Å²) in [5.74, 6) is -1.46. The molecule has 0 aliphatic heterocycles. The predicted molar refractivity (Wildman–Crippen MR) is 134 cm³/mol. The molecule has 1 aromatic carbocycles. The van der Waals surface area contributed by atoms with Crippen molar-refractivity contribution in [2.45, 2.75) is 47.5 Å². The van der Waals surface area contributed by atoms with E-state index in [1.54, 1.807) is 12.1 Å². The van der Waals surface area contributed by atoms with Gasteiger partial charge in [0.15, 0.2) is 0 Å². The lowest BCUT2D eigenvalue weighted by molar-refractivity contribution is 0.0417. The minimum atomic E-state index is -0.697. The van der Waals surface area contributed by atoms with Crippen molar-refractivity contribution in [2.24, 2.45) is 27.0 Å². The minimum absolute atomic E-state index is 0.0332. The second-order valence-electron chi connectivity index (χ2n) is 10.1. The maximum absolute atomic E-state index is 14.5. The molecule has 1 aromatic heterocycles. The number of aromatic amines is 1. The number of benzene rings is 1. The number of halogens is 2. The van der Waals surface area contributed by atoms with Gasteiger partial charge in [-0.2, -0.15) is 15.3 Å². The molecule has 0 saturated heterocycles. The fraction of sp³-hybridized carbons (Fsp3) is 0.481. The van der Waals surface area contributed by atoms with Gasteiger partial charge in [0.05, 0.1) is 11.3 Å². The van der Waals surface area contributed by atoms with Crippen LogP contribution in [0.5, 0.6) is 0 Å². The standard InChI is InChI=1S/C27H35F2N5O/c1-8-34(25(35)23-15-18(3)31-33-23)16-27(6)13-12-19(26(27,4)5)17(2)14-22(32-30-7)24-20(28)10-9-11-21(24)29/h9-11,14-15,19H,2,8,12-13,16H2,1,3-7H3,(H,31,33)/b22-14-,32-30?/t19-,27-/m0/s1. The average molecular weight is 484 g/mol. The van der Waals surface area contributed by atoms with E-state index in [0.29, 0.717) is 18.8 Å². The molecule has 1 N–H and O–H groups in total. The van der Waals surface area contributed by atoms with Gasteiger partial charge in [-0.25, -0.2) is 8.78 Å². The summed E-state index contributed by atoms with van der Waals surface area (Å²) in [5.41, 5.74) is 1.42. The molecule has 35 heavy (non-hydrogen) atoms. The summed E-state index contributed by atoms with van der Waals surface area (Å²) in [6.07, 6.45) is 3.35. The van der Waals surface area contributed by atoms with Crippen LogP contribution >= 0.6 is 0 Å².